The zero-order valence-electron chi connectivity index (χ0n) is 19.3. The van der Waals surface area contributed by atoms with Gasteiger partial charge in [0, 0.05) is 26.4 Å². The summed E-state index contributed by atoms with van der Waals surface area (Å²) in [6, 6.07) is 25.0. The molecular weight excluding hydrogens is 444 g/mol. The minimum Gasteiger partial charge on any atom is -0.313 e. The van der Waals surface area contributed by atoms with Crippen molar-refractivity contribution in [3.63, 3.8) is 0 Å². The predicted molar refractivity (Wildman–Crippen MR) is 138 cm³/mol. The Kier molecular flexibility index (Phi) is 6.11. The second kappa shape index (κ2) is 9.35. The van der Waals surface area contributed by atoms with Crippen molar-refractivity contribution in [3.05, 3.63) is 105 Å². The van der Waals surface area contributed by atoms with E-state index < -0.39 is 0 Å². The first-order valence-electron chi connectivity index (χ1n) is 11.3. The van der Waals surface area contributed by atoms with Crippen LogP contribution in [0.5, 0.6) is 0 Å². The van der Waals surface area contributed by atoms with Crippen LogP contribution >= 0.6 is 11.8 Å². The lowest BCUT2D eigenvalue weighted by molar-refractivity contribution is 0.605. The van der Waals surface area contributed by atoms with Crippen molar-refractivity contribution in [2.24, 2.45) is 14.1 Å². The van der Waals surface area contributed by atoms with Crippen LogP contribution in [0, 0.1) is 0 Å². The molecule has 5 aromatic rings. The minimum absolute atomic E-state index is 0.303. The molecule has 2 aromatic heterocycles. The molecule has 0 bridgehead atoms. The molecule has 0 aliphatic carbocycles. The molecule has 172 valence electrons. The number of nitrogens with zero attached hydrogens (tertiary/aromatic N) is 4. The van der Waals surface area contributed by atoms with Crippen LogP contribution in [0.1, 0.15) is 17.5 Å². The Hall–Kier alpha value is -3.58. The van der Waals surface area contributed by atoms with Gasteiger partial charge in [0.1, 0.15) is 0 Å². The summed E-state index contributed by atoms with van der Waals surface area (Å²) in [5, 5.41) is 3.18. The normalized spacial score (nSPS) is 11.5. The second-order valence-corrected chi connectivity index (χ2v) is 9.38. The van der Waals surface area contributed by atoms with Gasteiger partial charge in [-0.15, -0.1) is 0 Å². The average Bonchev–Trinajstić information content (AvgIpc) is 3.24. The maximum Gasteiger partial charge on any atom is 0.332 e. The monoisotopic (exact) mass is 470 g/mol. The molecule has 0 aliphatic heterocycles. The molecule has 0 aliphatic rings. The molecule has 2 heterocycles. The van der Waals surface area contributed by atoms with Crippen molar-refractivity contribution in [2.75, 3.05) is 0 Å². The van der Waals surface area contributed by atoms with E-state index in [1.807, 2.05) is 28.8 Å². The van der Waals surface area contributed by atoms with Crippen molar-refractivity contribution in [3.8, 4) is 0 Å². The summed E-state index contributed by atoms with van der Waals surface area (Å²) in [6.07, 6.45) is 1.77. The Morgan fingerprint density at radius 2 is 1.59 bits per heavy atom. The zero-order valence-corrected chi connectivity index (χ0v) is 20.1. The number of fused-ring (bicyclic) bond motifs is 2. The molecule has 0 spiro atoms. The Balaban J connectivity index is 1.52. The van der Waals surface area contributed by atoms with E-state index >= 15 is 0 Å². The van der Waals surface area contributed by atoms with Crippen LogP contribution in [-0.2, 0) is 32.8 Å². The number of rotatable bonds is 7. The number of hydrogen-bond donors (Lipinski definition) is 0. The molecule has 0 atom stereocenters. The van der Waals surface area contributed by atoms with Gasteiger partial charge in [-0.2, -0.15) is 0 Å². The van der Waals surface area contributed by atoms with E-state index in [9.17, 15) is 9.59 Å². The molecule has 0 saturated heterocycles. The van der Waals surface area contributed by atoms with Gasteiger partial charge in [-0.1, -0.05) is 84.6 Å². The Labute approximate surface area is 201 Å². The number of aryl methyl sites for hydroxylation is 3. The zero-order chi connectivity index (χ0) is 23.7. The standard InChI is InChI=1S/C27H26N4O2S/c1-29-24-23(25(32)30(2)27(29)33)31(17-9-12-19-10-4-3-5-11-19)26(28-24)34-18-21-15-8-14-20-13-6-7-16-22(20)21/h3-8,10-11,13-16H,9,12,17-18H2,1-2H3. The molecule has 7 heteroatoms. The van der Waals surface area contributed by atoms with Gasteiger partial charge in [0.15, 0.2) is 16.3 Å². The van der Waals surface area contributed by atoms with Crippen LogP contribution in [0.3, 0.4) is 0 Å². The van der Waals surface area contributed by atoms with Crippen molar-refractivity contribution >= 4 is 33.7 Å². The Morgan fingerprint density at radius 3 is 2.41 bits per heavy atom. The highest BCUT2D eigenvalue weighted by molar-refractivity contribution is 7.98. The van der Waals surface area contributed by atoms with Crippen LogP contribution < -0.4 is 11.2 Å². The SMILES string of the molecule is Cn1c(=O)c2c(nc(SCc3cccc4ccccc34)n2CCCc2ccccc2)n(C)c1=O. The topological polar surface area (TPSA) is 61.8 Å². The van der Waals surface area contributed by atoms with Crippen LogP contribution in [0.25, 0.3) is 21.9 Å². The van der Waals surface area contributed by atoms with Crippen molar-refractivity contribution in [1.29, 1.82) is 0 Å². The van der Waals surface area contributed by atoms with Crippen LogP contribution in [-0.4, -0.2) is 18.7 Å². The Morgan fingerprint density at radius 1 is 0.853 bits per heavy atom. The highest BCUT2D eigenvalue weighted by Gasteiger charge is 2.19. The third-order valence-electron chi connectivity index (χ3n) is 6.24. The Bertz CT molecular complexity index is 1590. The maximum absolute atomic E-state index is 13.1. The van der Waals surface area contributed by atoms with Gasteiger partial charge in [0.2, 0.25) is 0 Å². The molecule has 0 N–H and O–H groups in total. The predicted octanol–water partition coefficient (Wildman–Crippen LogP) is 4.51. The van der Waals surface area contributed by atoms with E-state index in [4.69, 9.17) is 4.98 Å². The van der Waals surface area contributed by atoms with E-state index in [-0.39, 0.29) is 11.2 Å². The summed E-state index contributed by atoms with van der Waals surface area (Å²) in [7, 11) is 3.19. The lowest BCUT2D eigenvalue weighted by Crippen LogP contribution is -2.37. The van der Waals surface area contributed by atoms with Gasteiger partial charge in [-0.3, -0.25) is 13.9 Å². The van der Waals surface area contributed by atoms with Crippen molar-refractivity contribution in [1.82, 2.24) is 18.7 Å². The molecule has 0 unspecified atom stereocenters. The number of aromatic nitrogens is 4. The fraction of sp³-hybridized carbons (Fsp3) is 0.222. The smallest absolute Gasteiger partial charge is 0.313 e. The van der Waals surface area contributed by atoms with E-state index in [1.54, 1.807) is 18.8 Å². The number of benzene rings is 3. The number of hydrogen-bond acceptors (Lipinski definition) is 4. The second-order valence-electron chi connectivity index (χ2n) is 8.44. The number of thioether (sulfide) groups is 1. The molecule has 0 fully saturated rings. The molecule has 3 aromatic carbocycles. The minimum atomic E-state index is -0.364. The van der Waals surface area contributed by atoms with Gasteiger partial charge in [0.25, 0.3) is 5.56 Å². The third-order valence-corrected chi connectivity index (χ3v) is 7.26. The first-order valence-corrected chi connectivity index (χ1v) is 12.3. The van der Waals surface area contributed by atoms with Gasteiger partial charge in [0.05, 0.1) is 0 Å². The average molecular weight is 471 g/mol. The van der Waals surface area contributed by atoms with Gasteiger partial charge in [-0.05, 0) is 34.7 Å². The summed E-state index contributed by atoms with van der Waals surface area (Å²) in [4.78, 5) is 30.4. The molecule has 0 radical (unpaired) electrons. The van der Waals surface area contributed by atoms with E-state index in [1.165, 1.54) is 33.5 Å². The van der Waals surface area contributed by atoms with Crippen LogP contribution in [0.2, 0.25) is 0 Å². The molecule has 5 rings (SSSR count). The maximum atomic E-state index is 13.1. The molecule has 34 heavy (non-hydrogen) atoms. The van der Waals surface area contributed by atoms with Crippen molar-refractivity contribution < 1.29 is 0 Å². The van der Waals surface area contributed by atoms with Crippen molar-refractivity contribution in [2.45, 2.75) is 30.3 Å². The first kappa shape index (κ1) is 22.2. The molecule has 0 saturated carbocycles. The lowest BCUT2D eigenvalue weighted by atomic mass is 10.1. The van der Waals surface area contributed by atoms with E-state index in [0.717, 1.165) is 28.3 Å². The van der Waals surface area contributed by atoms with Gasteiger partial charge < -0.3 is 4.57 Å². The summed E-state index contributed by atoms with van der Waals surface area (Å²) in [6.45, 7) is 0.650. The third kappa shape index (κ3) is 4.07. The molecular formula is C27H26N4O2S. The lowest BCUT2D eigenvalue weighted by Gasteiger charge is -2.10. The highest BCUT2D eigenvalue weighted by Crippen LogP contribution is 2.29. The molecule has 6 nitrogen and oxygen atoms in total. The fourth-order valence-electron chi connectivity index (χ4n) is 4.39. The van der Waals surface area contributed by atoms with E-state index in [0.29, 0.717) is 17.7 Å². The highest BCUT2D eigenvalue weighted by atomic mass is 32.2. The summed E-state index contributed by atoms with van der Waals surface area (Å²) < 4.78 is 4.62. The van der Waals surface area contributed by atoms with E-state index in [2.05, 4.69) is 48.5 Å². The first-order chi connectivity index (χ1) is 16.5. The quantitative estimate of drug-likeness (QED) is 0.328. The summed E-state index contributed by atoms with van der Waals surface area (Å²) >= 11 is 1.60. The van der Waals surface area contributed by atoms with Gasteiger partial charge >= 0.3 is 5.69 Å². The fourth-order valence-corrected chi connectivity index (χ4v) is 5.42. The summed E-state index contributed by atoms with van der Waals surface area (Å²) in [5.74, 6) is 0.720. The molecule has 0 amide bonds. The van der Waals surface area contributed by atoms with Gasteiger partial charge in [-0.25, -0.2) is 9.78 Å². The number of imidazole rings is 1. The van der Waals surface area contributed by atoms with Crippen LogP contribution in [0.15, 0.2) is 87.5 Å². The summed E-state index contributed by atoms with van der Waals surface area (Å²) in [5.41, 5.74) is 2.73. The van der Waals surface area contributed by atoms with Crippen LogP contribution in [0.4, 0.5) is 0 Å². The largest absolute Gasteiger partial charge is 0.332 e.